The molecule has 8 nitrogen and oxygen atoms in total. The van der Waals surface area contributed by atoms with Crippen LogP contribution in [0.15, 0.2) is 39.9 Å². The predicted octanol–water partition coefficient (Wildman–Crippen LogP) is 2.33. The van der Waals surface area contributed by atoms with Gasteiger partial charge in [-0.15, -0.1) is 0 Å². The van der Waals surface area contributed by atoms with Crippen molar-refractivity contribution in [1.29, 1.82) is 0 Å². The summed E-state index contributed by atoms with van der Waals surface area (Å²) in [7, 11) is 0. The summed E-state index contributed by atoms with van der Waals surface area (Å²) in [6, 6.07) is 5.51. The Balaban J connectivity index is 1.33. The molecule has 1 saturated heterocycles. The molecule has 4 heterocycles. The summed E-state index contributed by atoms with van der Waals surface area (Å²) in [5.41, 5.74) is 4.00. The summed E-state index contributed by atoms with van der Waals surface area (Å²) in [6.45, 7) is 5.70. The van der Waals surface area contributed by atoms with Crippen molar-refractivity contribution >= 4 is 5.69 Å². The lowest BCUT2D eigenvalue weighted by atomic mass is 10.1. The molecule has 0 spiro atoms. The molecule has 0 unspecified atom stereocenters. The van der Waals surface area contributed by atoms with Crippen molar-refractivity contribution in [1.82, 2.24) is 19.9 Å². The molecule has 29 heavy (non-hydrogen) atoms. The van der Waals surface area contributed by atoms with E-state index in [-0.39, 0.29) is 11.7 Å². The first-order chi connectivity index (χ1) is 14.1. The van der Waals surface area contributed by atoms with E-state index in [4.69, 9.17) is 9.26 Å². The summed E-state index contributed by atoms with van der Waals surface area (Å²) in [4.78, 5) is 19.1. The van der Waals surface area contributed by atoms with Gasteiger partial charge in [0.2, 0.25) is 0 Å². The van der Waals surface area contributed by atoms with E-state index >= 15 is 0 Å². The second-order valence-electron chi connectivity index (χ2n) is 7.83. The van der Waals surface area contributed by atoms with Gasteiger partial charge in [-0.3, -0.25) is 9.78 Å². The number of hydrogen-bond acceptors (Lipinski definition) is 7. The third-order valence-corrected chi connectivity index (χ3v) is 5.45. The van der Waals surface area contributed by atoms with Gasteiger partial charge in [0.05, 0.1) is 30.6 Å². The average Bonchev–Trinajstić information content (AvgIpc) is 3.43. The molecule has 3 aromatic rings. The lowest BCUT2D eigenvalue weighted by Gasteiger charge is -2.40. The van der Waals surface area contributed by atoms with Crippen molar-refractivity contribution in [2.24, 2.45) is 0 Å². The van der Waals surface area contributed by atoms with E-state index in [0.29, 0.717) is 24.1 Å². The van der Waals surface area contributed by atoms with E-state index in [2.05, 4.69) is 20.1 Å². The molecular weight excluding hydrogens is 370 g/mol. The lowest BCUT2D eigenvalue weighted by molar-refractivity contribution is 0.0220. The van der Waals surface area contributed by atoms with Crippen LogP contribution in [0.1, 0.15) is 29.9 Å². The van der Waals surface area contributed by atoms with Crippen LogP contribution < -0.4 is 10.5 Å². The summed E-state index contributed by atoms with van der Waals surface area (Å²) < 4.78 is 12.7. The van der Waals surface area contributed by atoms with Gasteiger partial charge in [0, 0.05) is 42.2 Å². The number of aromatic nitrogens is 4. The van der Waals surface area contributed by atoms with E-state index in [1.54, 1.807) is 18.5 Å². The molecule has 2 fully saturated rings. The molecule has 1 saturated carbocycles. The van der Waals surface area contributed by atoms with E-state index in [1.165, 1.54) is 17.5 Å². The number of nitrogens with zero attached hydrogens (tertiary/aromatic N) is 5. The summed E-state index contributed by atoms with van der Waals surface area (Å²) in [6.07, 6.45) is 6.59. The Bertz CT molecular complexity index is 1080. The minimum atomic E-state index is -0.150. The zero-order chi connectivity index (χ0) is 20.0. The molecule has 0 N–H and O–H groups in total. The highest BCUT2D eigenvalue weighted by Crippen LogP contribution is 2.29. The van der Waals surface area contributed by atoms with E-state index < -0.39 is 0 Å². The van der Waals surface area contributed by atoms with Gasteiger partial charge in [-0.25, -0.2) is 4.68 Å². The van der Waals surface area contributed by atoms with Crippen molar-refractivity contribution in [3.05, 3.63) is 58.0 Å². The highest BCUT2D eigenvalue weighted by atomic mass is 16.5. The zero-order valence-electron chi connectivity index (χ0n) is 16.5. The third kappa shape index (κ3) is 3.67. The van der Waals surface area contributed by atoms with Crippen molar-refractivity contribution in [2.75, 3.05) is 18.0 Å². The van der Waals surface area contributed by atoms with E-state index in [0.717, 1.165) is 35.6 Å². The Hall–Kier alpha value is -3.00. The van der Waals surface area contributed by atoms with Crippen LogP contribution in [0.25, 0.3) is 11.3 Å². The van der Waals surface area contributed by atoms with Gasteiger partial charge < -0.3 is 14.2 Å². The predicted molar refractivity (Wildman–Crippen MR) is 107 cm³/mol. The smallest absolute Gasteiger partial charge is 0.269 e. The standard InChI is InChI=1S/C21H23N5O3/c1-13-3-4-15(8-22-13)21-19(14(2)29-24-21)12-26-20(27)7-16(9-23-26)25-10-18(11-25)28-17-5-6-17/h3-4,7-9,17-18H,5-6,10-12H2,1-2H3. The van der Waals surface area contributed by atoms with Crippen LogP contribution >= 0.6 is 0 Å². The second-order valence-corrected chi connectivity index (χ2v) is 7.83. The number of aryl methyl sites for hydroxylation is 2. The third-order valence-electron chi connectivity index (χ3n) is 5.45. The highest BCUT2D eigenvalue weighted by Gasteiger charge is 2.34. The molecule has 5 rings (SSSR count). The molecule has 1 aliphatic carbocycles. The monoisotopic (exact) mass is 393 g/mol. The molecule has 0 amide bonds. The Kier molecular flexibility index (Phi) is 4.43. The maximum absolute atomic E-state index is 12.7. The lowest BCUT2D eigenvalue weighted by Crippen LogP contribution is -2.53. The number of rotatable bonds is 6. The number of hydrogen-bond donors (Lipinski definition) is 0. The van der Waals surface area contributed by atoms with Crippen LogP contribution in [0.4, 0.5) is 5.69 Å². The molecule has 2 aliphatic rings. The summed E-state index contributed by atoms with van der Waals surface area (Å²) in [5.74, 6) is 0.668. The molecule has 0 radical (unpaired) electrons. The highest BCUT2D eigenvalue weighted by molar-refractivity contribution is 5.62. The average molecular weight is 393 g/mol. The molecule has 0 aromatic carbocycles. The first kappa shape index (κ1) is 18.1. The fourth-order valence-corrected chi connectivity index (χ4v) is 3.49. The fraction of sp³-hybridized carbons (Fsp3) is 0.429. The SMILES string of the molecule is Cc1ccc(-c2noc(C)c2Cn2ncc(N3CC(OC4CC4)C3)cc2=O)cn1. The first-order valence-electron chi connectivity index (χ1n) is 9.92. The van der Waals surface area contributed by atoms with Gasteiger partial charge in [-0.2, -0.15) is 5.10 Å². The second kappa shape index (κ2) is 7.11. The van der Waals surface area contributed by atoms with Gasteiger partial charge in [0.25, 0.3) is 5.56 Å². The first-order valence-corrected chi connectivity index (χ1v) is 9.92. The van der Waals surface area contributed by atoms with Crippen LogP contribution in [0.5, 0.6) is 0 Å². The Morgan fingerprint density at radius 2 is 2.00 bits per heavy atom. The van der Waals surface area contributed by atoms with Gasteiger partial charge in [0.1, 0.15) is 11.5 Å². The minimum Gasteiger partial charge on any atom is -0.371 e. The van der Waals surface area contributed by atoms with Crippen LogP contribution in [-0.4, -0.2) is 45.2 Å². The van der Waals surface area contributed by atoms with Gasteiger partial charge in [0.15, 0.2) is 0 Å². The molecule has 3 aromatic heterocycles. The van der Waals surface area contributed by atoms with Gasteiger partial charge in [-0.1, -0.05) is 5.16 Å². The van der Waals surface area contributed by atoms with Crippen molar-refractivity contribution in [2.45, 2.75) is 45.4 Å². The van der Waals surface area contributed by atoms with Gasteiger partial charge in [-0.05, 0) is 38.8 Å². The number of pyridine rings is 1. The van der Waals surface area contributed by atoms with Crippen LogP contribution in [0.2, 0.25) is 0 Å². The molecule has 1 aliphatic heterocycles. The Morgan fingerprint density at radius 3 is 2.69 bits per heavy atom. The minimum absolute atomic E-state index is 0.150. The molecule has 0 bridgehead atoms. The number of anilines is 1. The molecular formula is C21H23N5O3. The molecule has 8 heteroatoms. The largest absolute Gasteiger partial charge is 0.371 e. The number of ether oxygens (including phenoxy) is 1. The Labute approximate surface area is 168 Å². The van der Waals surface area contributed by atoms with E-state index in [9.17, 15) is 4.79 Å². The van der Waals surface area contributed by atoms with Crippen LogP contribution in [-0.2, 0) is 11.3 Å². The maximum atomic E-state index is 12.7. The van der Waals surface area contributed by atoms with E-state index in [1.807, 2.05) is 26.0 Å². The fourth-order valence-electron chi connectivity index (χ4n) is 3.49. The van der Waals surface area contributed by atoms with Crippen molar-refractivity contribution in [3.8, 4) is 11.3 Å². The Morgan fingerprint density at radius 1 is 1.17 bits per heavy atom. The van der Waals surface area contributed by atoms with Crippen LogP contribution in [0, 0.1) is 13.8 Å². The maximum Gasteiger partial charge on any atom is 0.269 e. The topological polar surface area (TPSA) is 86.3 Å². The molecule has 0 atom stereocenters. The van der Waals surface area contributed by atoms with Crippen molar-refractivity contribution in [3.63, 3.8) is 0 Å². The van der Waals surface area contributed by atoms with Crippen molar-refractivity contribution < 1.29 is 9.26 Å². The van der Waals surface area contributed by atoms with Gasteiger partial charge >= 0.3 is 0 Å². The quantitative estimate of drug-likeness (QED) is 0.635. The zero-order valence-corrected chi connectivity index (χ0v) is 16.5. The summed E-state index contributed by atoms with van der Waals surface area (Å²) in [5, 5.41) is 8.55. The normalized spacial score (nSPS) is 16.8. The molecule has 150 valence electrons. The van der Waals surface area contributed by atoms with Crippen LogP contribution in [0.3, 0.4) is 0 Å². The summed E-state index contributed by atoms with van der Waals surface area (Å²) >= 11 is 0.